The highest BCUT2D eigenvalue weighted by Gasteiger charge is 2.00. The van der Waals surface area contributed by atoms with Gasteiger partial charge < -0.3 is 11.5 Å². The van der Waals surface area contributed by atoms with Crippen LogP contribution in [0.4, 0.5) is 0 Å². The number of rotatable bonds is 11. The van der Waals surface area contributed by atoms with E-state index in [0.29, 0.717) is 12.1 Å². The summed E-state index contributed by atoms with van der Waals surface area (Å²) in [6.07, 6.45) is 12.7. The maximum atomic E-state index is 5.87. The lowest BCUT2D eigenvalue weighted by molar-refractivity contribution is 0.503. The van der Waals surface area contributed by atoms with Crippen molar-refractivity contribution in [1.29, 1.82) is 0 Å². The quantitative estimate of drug-likeness (QED) is 0.531. The molecule has 0 bridgehead atoms. The third-order valence-corrected chi connectivity index (χ3v) is 3.45. The van der Waals surface area contributed by atoms with Crippen LogP contribution in [0.3, 0.4) is 0 Å². The van der Waals surface area contributed by atoms with Gasteiger partial charge in [0.15, 0.2) is 0 Å². The van der Waals surface area contributed by atoms with Crippen LogP contribution in [0.1, 0.15) is 78.1 Å². The largest absolute Gasteiger partial charge is 0.328 e. The van der Waals surface area contributed by atoms with E-state index in [4.69, 9.17) is 11.5 Å². The molecular weight excluding hydrogens is 196 g/mol. The molecule has 98 valence electrons. The lowest BCUT2D eigenvalue weighted by atomic mass is 10.0. The second kappa shape index (κ2) is 11.4. The molecule has 16 heavy (non-hydrogen) atoms. The van der Waals surface area contributed by atoms with Gasteiger partial charge in [-0.05, 0) is 25.7 Å². The van der Waals surface area contributed by atoms with E-state index in [1.165, 1.54) is 51.4 Å². The summed E-state index contributed by atoms with van der Waals surface area (Å²) in [5.41, 5.74) is 11.7. The molecule has 0 amide bonds. The van der Waals surface area contributed by atoms with Crippen molar-refractivity contribution in [2.24, 2.45) is 11.5 Å². The molecule has 0 saturated carbocycles. The SMILES string of the molecule is CCC(N)CCCCCCCCC(N)CC. The van der Waals surface area contributed by atoms with Crippen molar-refractivity contribution < 1.29 is 0 Å². The average molecular weight is 228 g/mol. The molecule has 2 nitrogen and oxygen atoms in total. The minimum absolute atomic E-state index is 0.433. The molecule has 0 aromatic rings. The molecule has 0 spiro atoms. The molecular formula is C14H32N2. The highest BCUT2D eigenvalue weighted by atomic mass is 14.6. The zero-order valence-corrected chi connectivity index (χ0v) is 11.4. The molecule has 0 aliphatic rings. The van der Waals surface area contributed by atoms with Crippen molar-refractivity contribution in [3.8, 4) is 0 Å². The smallest absolute Gasteiger partial charge is 0.00362 e. The molecule has 0 aliphatic carbocycles. The lowest BCUT2D eigenvalue weighted by Crippen LogP contribution is -2.18. The van der Waals surface area contributed by atoms with Gasteiger partial charge in [-0.15, -0.1) is 0 Å². The van der Waals surface area contributed by atoms with Crippen molar-refractivity contribution in [3.63, 3.8) is 0 Å². The molecule has 0 aromatic carbocycles. The van der Waals surface area contributed by atoms with E-state index in [1.807, 2.05) is 0 Å². The van der Waals surface area contributed by atoms with Crippen LogP contribution in [-0.4, -0.2) is 12.1 Å². The number of hydrogen-bond donors (Lipinski definition) is 2. The Kier molecular flexibility index (Phi) is 11.3. The molecule has 4 N–H and O–H groups in total. The van der Waals surface area contributed by atoms with Crippen LogP contribution < -0.4 is 11.5 Å². The summed E-state index contributed by atoms with van der Waals surface area (Å²) in [5, 5.41) is 0. The molecule has 0 heterocycles. The summed E-state index contributed by atoms with van der Waals surface area (Å²) in [6, 6.07) is 0.866. The van der Waals surface area contributed by atoms with E-state index in [-0.39, 0.29) is 0 Å². The monoisotopic (exact) mass is 228 g/mol. The van der Waals surface area contributed by atoms with E-state index in [9.17, 15) is 0 Å². The van der Waals surface area contributed by atoms with E-state index >= 15 is 0 Å². The third kappa shape index (κ3) is 10.4. The average Bonchev–Trinajstić information content (AvgIpc) is 2.31. The Labute approximate surface area is 102 Å². The van der Waals surface area contributed by atoms with Gasteiger partial charge in [-0.25, -0.2) is 0 Å². The van der Waals surface area contributed by atoms with Crippen LogP contribution in [0.25, 0.3) is 0 Å². The summed E-state index contributed by atoms with van der Waals surface area (Å²) >= 11 is 0. The van der Waals surface area contributed by atoms with E-state index < -0.39 is 0 Å². The fourth-order valence-electron chi connectivity index (χ4n) is 1.93. The molecule has 0 aromatic heterocycles. The Hall–Kier alpha value is -0.0800. The normalized spacial score (nSPS) is 15.0. The van der Waals surface area contributed by atoms with Crippen LogP contribution in [-0.2, 0) is 0 Å². The summed E-state index contributed by atoms with van der Waals surface area (Å²) in [5.74, 6) is 0. The van der Waals surface area contributed by atoms with Crippen LogP contribution in [0.15, 0.2) is 0 Å². The Morgan fingerprint density at radius 3 is 1.25 bits per heavy atom. The molecule has 2 unspecified atom stereocenters. The number of nitrogens with two attached hydrogens (primary N) is 2. The summed E-state index contributed by atoms with van der Waals surface area (Å²) in [7, 11) is 0. The van der Waals surface area contributed by atoms with Crippen LogP contribution in [0.5, 0.6) is 0 Å². The molecule has 0 aliphatic heterocycles. The summed E-state index contributed by atoms with van der Waals surface area (Å²) in [6.45, 7) is 4.34. The molecule has 0 rings (SSSR count). The summed E-state index contributed by atoms with van der Waals surface area (Å²) in [4.78, 5) is 0. The van der Waals surface area contributed by atoms with Gasteiger partial charge in [0.25, 0.3) is 0 Å². The van der Waals surface area contributed by atoms with Crippen molar-refractivity contribution in [2.45, 2.75) is 90.1 Å². The maximum Gasteiger partial charge on any atom is 0.00362 e. The second-order valence-corrected chi connectivity index (χ2v) is 5.04. The number of unbranched alkanes of at least 4 members (excludes halogenated alkanes) is 5. The first-order chi connectivity index (χ1) is 7.70. The Morgan fingerprint density at radius 2 is 0.938 bits per heavy atom. The zero-order chi connectivity index (χ0) is 12.2. The van der Waals surface area contributed by atoms with Gasteiger partial charge in [-0.2, -0.15) is 0 Å². The van der Waals surface area contributed by atoms with Crippen LogP contribution >= 0.6 is 0 Å². The van der Waals surface area contributed by atoms with Crippen molar-refractivity contribution >= 4 is 0 Å². The van der Waals surface area contributed by atoms with E-state index in [1.54, 1.807) is 0 Å². The third-order valence-electron chi connectivity index (χ3n) is 3.45. The lowest BCUT2D eigenvalue weighted by Gasteiger charge is -2.09. The van der Waals surface area contributed by atoms with Gasteiger partial charge in [0, 0.05) is 12.1 Å². The molecule has 0 radical (unpaired) electrons. The molecule has 0 saturated heterocycles. The molecule has 2 heteroatoms. The Balaban J connectivity index is 3.04. The fraction of sp³-hybridized carbons (Fsp3) is 1.00. The first kappa shape index (κ1) is 15.9. The van der Waals surface area contributed by atoms with Gasteiger partial charge in [0.1, 0.15) is 0 Å². The van der Waals surface area contributed by atoms with Gasteiger partial charge in [0.05, 0.1) is 0 Å². The first-order valence-corrected chi connectivity index (χ1v) is 7.21. The van der Waals surface area contributed by atoms with E-state index in [0.717, 1.165) is 12.8 Å². The van der Waals surface area contributed by atoms with Gasteiger partial charge in [-0.3, -0.25) is 0 Å². The van der Waals surface area contributed by atoms with Crippen LogP contribution in [0, 0.1) is 0 Å². The standard InChI is InChI=1S/C14H32N2/c1-3-13(15)11-9-7-5-6-8-10-12-14(16)4-2/h13-14H,3-12,15-16H2,1-2H3. The first-order valence-electron chi connectivity index (χ1n) is 7.21. The maximum absolute atomic E-state index is 5.87. The van der Waals surface area contributed by atoms with Crippen molar-refractivity contribution in [1.82, 2.24) is 0 Å². The van der Waals surface area contributed by atoms with Gasteiger partial charge in [0.2, 0.25) is 0 Å². The van der Waals surface area contributed by atoms with Crippen LogP contribution in [0.2, 0.25) is 0 Å². The fourth-order valence-corrected chi connectivity index (χ4v) is 1.93. The predicted octanol–water partition coefficient (Wildman–Crippen LogP) is 3.58. The Morgan fingerprint density at radius 1 is 0.625 bits per heavy atom. The van der Waals surface area contributed by atoms with Gasteiger partial charge >= 0.3 is 0 Å². The van der Waals surface area contributed by atoms with Crippen molar-refractivity contribution in [3.05, 3.63) is 0 Å². The highest BCUT2D eigenvalue weighted by molar-refractivity contribution is 4.59. The summed E-state index contributed by atoms with van der Waals surface area (Å²) < 4.78 is 0. The zero-order valence-electron chi connectivity index (χ0n) is 11.4. The van der Waals surface area contributed by atoms with Gasteiger partial charge in [-0.1, -0.05) is 52.4 Å². The minimum Gasteiger partial charge on any atom is -0.328 e. The minimum atomic E-state index is 0.433. The molecule has 0 fully saturated rings. The number of hydrogen-bond acceptors (Lipinski definition) is 2. The predicted molar refractivity (Wildman–Crippen MR) is 73.5 cm³/mol. The van der Waals surface area contributed by atoms with E-state index in [2.05, 4.69) is 13.8 Å². The Bertz CT molecular complexity index is 121. The highest BCUT2D eigenvalue weighted by Crippen LogP contribution is 2.11. The topological polar surface area (TPSA) is 52.0 Å². The van der Waals surface area contributed by atoms with Crippen molar-refractivity contribution in [2.75, 3.05) is 0 Å². The second-order valence-electron chi connectivity index (χ2n) is 5.04. The molecule has 2 atom stereocenters.